The number of amides is 2. The molecule has 1 atom stereocenters. The Bertz CT molecular complexity index is 1610. The third-order valence-corrected chi connectivity index (χ3v) is 7.09. The van der Waals surface area contributed by atoms with Gasteiger partial charge in [0.15, 0.2) is 0 Å². The summed E-state index contributed by atoms with van der Waals surface area (Å²) in [5.41, 5.74) is 5.15. The molecule has 8 heteroatoms. The van der Waals surface area contributed by atoms with Crippen LogP contribution in [-0.2, 0) is 13.0 Å². The zero-order valence-electron chi connectivity index (χ0n) is 21.7. The van der Waals surface area contributed by atoms with Crippen molar-refractivity contribution in [2.75, 3.05) is 12.4 Å². The monoisotopic (exact) mass is 521 g/mol. The van der Waals surface area contributed by atoms with Crippen LogP contribution in [-0.4, -0.2) is 32.4 Å². The Kier molecular flexibility index (Phi) is 6.36. The molecule has 3 heterocycles. The Balaban J connectivity index is 1.52. The van der Waals surface area contributed by atoms with Gasteiger partial charge in [-0.2, -0.15) is 5.10 Å². The third kappa shape index (κ3) is 4.44. The van der Waals surface area contributed by atoms with Gasteiger partial charge in [0.25, 0.3) is 0 Å². The van der Waals surface area contributed by atoms with Crippen molar-refractivity contribution >= 4 is 11.7 Å². The van der Waals surface area contributed by atoms with E-state index in [2.05, 4.69) is 16.8 Å². The van der Waals surface area contributed by atoms with Crippen molar-refractivity contribution in [3.8, 4) is 17.3 Å². The predicted molar refractivity (Wildman–Crippen MR) is 148 cm³/mol. The number of ether oxygens (including phenoxy) is 1. The number of hydrogen-bond donors (Lipinski definition) is 1. The number of fused-ring (bicyclic) bond motifs is 3. The molecule has 0 radical (unpaired) electrons. The SMILES string of the molecule is CCc1nn(-c2ccccc2)c2c1CN(C(=O)Nc1ccc(OC)cc1)[C@@H](c1ccc(F)cc1)c1cccn1-2. The lowest BCUT2D eigenvalue weighted by atomic mass is 10.0. The van der Waals surface area contributed by atoms with Gasteiger partial charge in [-0.05, 0) is 72.6 Å². The van der Waals surface area contributed by atoms with Crippen molar-refractivity contribution < 1.29 is 13.9 Å². The molecule has 1 aliphatic rings. The number of aromatic nitrogens is 3. The van der Waals surface area contributed by atoms with Gasteiger partial charge in [-0.1, -0.05) is 37.3 Å². The van der Waals surface area contributed by atoms with Crippen molar-refractivity contribution in [3.05, 3.63) is 126 Å². The minimum absolute atomic E-state index is 0.274. The van der Waals surface area contributed by atoms with Crippen molar-refractivity contribution in [1.29, 1.82) is 0 Å². The van der Waals surface area contributed by atoms with Crippen LogP contribution in [0.25, 0.3) is 11.5 Å². The van der Waals surface area contributed by atoms with E-state index in [1.54, 1.807) is 48.4 Å². The summed E-state index contributed by atoms with van der Waals surface area (Å²) in [4.78, 5) is 15.8. The van der Waals surface area contributed by atoms with Gasteiger partial charge in [-0.3, -0.25) is 0 Å². The number of methoxy groups -OCH3 is 1. The molecule has 3 aromatic carbocycles. The van der Waals surface area contributed by atoms with E-state index >= 15 is 0 Å². The number of hydrogen-bond acceptors (Lipinski definition) is 3. The van der Waals surface area contributed by atoms with Crippen LogP contribution < -0.4 is 10.1 Å². The number of nitrogens with one attached hydrogen (secondary N) is 1. The van der Waals surface area contributed by atoms with E-state index in [1.807, 2.05) is 53.3 Å². The van der Waals surface area contributed by atoms with Crippen molar-refractivity contribution in [2.24, 2.45) is 0 Å². The second-order valence-corrected chi connectivity index (χ2v) is 9.39. The van der Waals surface area contributed by atoms with Gasteiger partial charge in [-0.15, -0.1) is 0 Å². The quantitative estimate of drug-likeness (QED) is 0.287. The molecular weight excluding hydrogens is 493 g/mol. The molecule has 6 rings (SSSR count). The highest BCUT2D eigenvalue weighted by Crippen LogP contribution is 2.39. The molecule has 2 aromatic heterocycles. The summed E-state index contributed by atoms with van der Waals surface area (Å²) in [7, 11) is 1.60. The Labute approximate surface area is 226 Å². The Morgan fingerprint density at radius 2 is 1.74 bits per heavy atom. The van der Waals surface area contributed by atoms with Crippen LogP contribution in [0.1, 0.15) is 35.5 Å². The maximum absolute atomic E-state index is 14.0. The normalized spacial score (nSPS) is 14.3. The first-order chi connectivity index (χ1) is 19.1. The van der Waals surface area contributed by atoms with E-state index in [0.29, 0.717) is 24.4 Å². The van der Waals surface area contributed by atoms with Gasteiger partial charge in [-0.25, -0.2) is 13.9 Å². The van der Waals surface area contributed by atoms with Crippen LogP contribution >= 0.6 is 0 Å². The number of halogens is 1. The highest BCUT2D eigenvalue weighted by molar-refractivity contribution is 5.90. The summed E-state index contributed by atoms with van der Waals surface area (Å²) in [5.74, 6) is 1.27. The van der Waals surface area contributed by atoms with E-state index in [9.17, 15) is 9.18 Å². The Morgan fingerprint density at radius 1 is 1.00 bits per heavy atom. The number of para-hydroxylation sites is 1. The summed E-state index contributed by atoms with van der Waals surface area (Å²) in [6.07, 6.45) is 2.70. The highest BCUT2D eigenvalue weighted by atomic mass is 19.1. The topological polar surface area (TPSA) is 64.3 Å². The van der Waals surface area contributed by atoms with E-state index in [1.165, 1.54) is 12.1 Å². The zero-order chi connectivity index (χ0) is 26.9. The lowest BCUT2D eigenvalue weighted by Crippen LogP contribution is -2.38. The molecule has 196 valence electrons. The summed E-state index contributed by atoms with van der Waals surface area (Å²) < 4.78 is 23.3. The maximum atomic E-state index is 14.0. The molecule has 1 aliphatic heterocycles. The number of rotatable bonds is 5. The van der Waals surface area contributed by atoms with Crippen molar-refractivity contribution in [2.45, 2.75) is 25.9 Å². The summed E-state index contributed by atoms with van der Waals surface area (Å²) >= 11 is 0. The largest absolute Gasteiger partial charge is 0.497 e. The minimum atomic E-state index is -0.472. The molecule has 0 fully saturated rings. The molecule has 0 unspecified atom stereocenters. The lowest BCUT2D eigenvalue weighted by Gasteiger charge is -2.31. The second-order valence-electron chi connectivity index (χ2n) is 9.39. The van der Waals surface area contributed by atoms with E-state index in [0.717, 1.165) is 34.0 Å². The average molecular weight is 522 g/mol. The van der Waals surface area contributed by atoms with Crippen molar-refractivity contribution in [1.82, 2.24) is 19.2 Å². The van der Waals surface area contributed by atoms with Crippen LogP contribution in [0.5, 0.6) is 5.75 Å². The first-order valence-corrected chi connectivity index (χ1v) is 12.9. The molecule has 0 saturated carbocycles. The average Bonchev–Trinajstić information content (AvgIpc) is 3.56. The van der Waals surface area contributed by atoms with Gasteiger partial charge in [0.2, 0.25) is 0 Å². The molecule has 0 aliphatic carbocycles. The van der Waals surface area contributed by atoms with Gasteiger partial charge >= 0.3 is 6.03 Å². The summed E-state index contributed by atoms with van der Waals surface area (Å²) in [6.45, 7) is 2.38. The first kappa shape index (κ1) is 24.5. The molecule has 5 aromatic rings. The molecule has 2 amide bonds. The second kappa shape index (κ2) is 10.1. The predicted octanol–water partition coefficient (Wildman–Crippen LogP) is 6.51. The van der Waals surface area contributed by atoms with Crippen LogP contribution in [0.2, 0.25) is 0 Å². The van der Waals surface area contributed by atoms with E-state index in [4.69, 9.17) is 9.84 Å². The molecular formula is C31H28FN5O2. The minimum Gasteiger partial charge on any atom is -0.497 e. The van der Waals surface area contributed by atoms with Crippen molar-refractivity contribution in [3.63, 3.8) is 0 Å². The molecule has 0 bridgehead atoms. The summed E-state index contributed by atoms with van der Waals surface area (Å²) in [5, 5.41) is 8.03. The van der Waals surface area contributed by atoms with Gasteiger partial charge in [0, 0.05) is 17.4 Å². The van der Waals surface area contributed by atoms with E-state index < -0.39 is 6.04 Å². The zero-order valence-corrected chi connectivity index (χ0v) is 21.7. The molecule has 0 saturated heterocycles. The van der Waals surface area contributed by atoms with Gasteiger partial charge in [0.05, 0.1) is 36.8 Å². The lowest BCUT2D eigenvalue weighted by molar-refractivity contribution is 0.194. The molecule has 39 heavy (non-hydrogen) atoms. The highest BCUT2D eigenvalue weighted by Gasteiger charge is 2.36. The fraction of sp³-hybridized carbons (Fsp3) is 0.161. The third-order valence-electron chi connectivity index (χ3n) is 7.09. The number of carbonyl (C=O) groups is 1. The smallest absolute Gasteiger partial charge is 0.322 e. The molecule has 7 nitrogen and oxygen atoms in total. The van der Waals surface area contributed by atoms with Crippen LogP contribution in [0.15, 0.2) is 97.2 Å². The van der Waals surface area contributed by atoms with Crippen LogP contribution in [0.4, 0.5) is 14.9 Å². The summed E-state index contributed by atoms with van der Waals surface area (Å²) in [6, 6.07) is 26.8. The standard InChI is InChI=1S/C31H28FN5O2/c1-3-27-26-20-36(31(38)33-23-15-17-25(39-2)18-16-23)29(21-11-13-22(32)14-12-21)28-10-7-19-35(28)30(26)37(34-27)24-8-5-4-6-9-24/h4-19,29H,3,20H2,1-2H3,(H,33,38)/t29-/m0/s1. The van der Waals surface area contributed by atoms with Gasteiger partial charge in [0.1, 0.15) is 17.4 Å². The molecule has 0 spiro atoms. The van der Waals surface area contributed by atoms with Crippen LogP contribution in [0, 0.1) is 5.82 Å². The fourth-order valence-electron chi connectivity index (χ4n) is 5.21. The number of urea groups is 1. The number of carbonyl (C=O) groups excluding carboxylic acids is 1. The number of benzene rings is 3. The Morgan fingerprint density at radius 3 is 2.44 bits per heavy atom. The Hall–Kier alpha value is -4.85. The van der Waals surface area contributed by atoms with Crippen LogP contribution in [0.3, 0.4) is 0 Å². The van der Waals surface area contributed by atoms with E-state index in [-0.39, 0.29) is 11.8 Å². The molecule has 1 N–H and O–H groups in total. The number of anilines is 1. The fourth-order valence-corrected chi connectivity index (χ4v) is 5.21. The first-order valence-electron chi connectivity index (χ1n) is 12.9. The van der Waals surface area contributed by atoms with Gasteiger partial charge < -0.3 is 19.5 Å². The maximum Gasteiger partial charge on any atom is 0.322 e. The number of aryl methyl sites for hydroxylation is 1. The number of nitrogens with zero attached hydrogens (tertiary/aromatic N) is 4.